The van der Waals surface area contributed by atoms with Crippen molar-refractivity contribution in [2.24, 2.45) is 0 Å². The van der Waals surface area contributed by atoms with E-state index in [1.165, 1.54) is 25.3 Å². The Kier molecular flexibility index (Phi) is 3.93. The molecule has 0 saturated carbocycles. The molecule has 2 aromatic carbocycles. The standard InChI is InChI=1S/C18H14FNO3/c1-23-18(22)15-9-5-12-4-8-14(20-16(12)17(15)21)10-11-2-6-13(19)7-3-11/h2-9,21H,10H2,1H3. The lowest BCUT2D eigenvalue weighted by atomic mass is 10.1. The highest BCUT2D eigenvalue weighted by Gasteiger charge is 2.15. The van der Waals surface area contributed by atoms with Crippen LogP contribution in [0.25, 0.3) is 10.9 Å². The van der Waals surface area contributed by atoms with Crippen LogP contribution in [0, 0.1) is 5.82 Å². The first-order valence-electron chi connectivity index (χ1n) is 7.03. The minimum atomic E-state index is -0.616. The molecule has 0 radical (unpaired) electrons. The number of carbonyl (C=O) groups excluding carboxylic acids is 1. The topological polar surface area (TPSA) is 59.4 Å². The van der Waals surface area contributed by atoms with Crippen LogP contribution in [-0.4, -0.2) is 23.2 Å². The number of aromatic hydroxyl groups is 1. The fraction of sp³-hybridized carbons (Fsp3) is 0.111. The van der Waals surface area contributed by atoms with Crippen LogP contribution in [0.5, 0.6) is 5.75 Å². The molecule has 0 bridgehead atoms. The molecule has 1 N–H and O–H groups in total. The summed E-state index contributed by atoms with van der Waals surface area (Å²) in [4.78, 5) is 16.1. The zero-order chi connectivity index (χ0) is 16.4. The largest absolute Gasteiger partial charge is 0.505 e. The molecule has 4 nitrogen and oxygen atoms in total. The first-order valence-corrected chi connectivity index (χ1v) is 7.03. The van der Waals surface area contributed by atoms with Crippen molar-refractivity contribution >= 4 is 16.9 Å². The molecule has 0 aliphatic rings. The van der Waals surface area contributed by atoms with E-state index in [4.69, 9.17) is 0 Å². The maximum Gasteiger partial charge on any atom is 0.341 e. The van der Waals surface area contributed by atoms with E-state index < -0.39 is 5.97 Å². The zero-order valence-electron chi connectivity index (χ0n) is 12.4. The highest BCUT2D eigenvalue weighted by atomic mass is 19.1. The number of esters is 1. The summed E-state index contributed by atoms with van der Waals surface area (Å²) in [6.45, 7) is 0. The van der Waals surface area contributed by atoms with E-state index in [2.05, 4.69) is 9.72 Å². The molecule has 0 saturated heterocycles. The highest BCUT2D eigenvalue weighted by Crippen LogP contribution is 2.28. The molecule has 0 atom stereocenters. The number of phenolic OH excluding ortho intramolecular Hbond substituents is 1. The van der Waals surface area contributed by atoms with Gasteiger partial charge in [-0.15, -0.1) is 0 Å². The van der Waals surface area contributed by atoms with E-state index in [0.717, 1.165) is 10.9 Å². The summed E-state index contributed by atoms with van der Waals surface area (Å²) in [6.07, 6.45) is 0.498. The summed E-state index contributed by atoms with van der Waals surface area (Å²) in [6, 6.07) is 13.0. The van der Waals surface area contributed by atoms with Gasteiger partial charge in [-0.05, 0) is 29.8 Å². The van der Waals surface area contributed by atoms with Gasteiger partial charge in [0, 0.05) is 17.5 Å². The SMILES string of the molecule is COC(=O)c1ccc2ccc(Cc3ccc(F)cc3)nc2c1O. The molecule has 3 aromatic rings. The van der Waals surface area contributed by atoms with Crippen molar-refractivity contribution in [3.05, 3.63) is 71.2 Å². The van der Waals surface area contributed by atoms with Crippen LogP contribution in [0.3, 0.4) is 0 Å². The van der Waals surface area contributed by atoms with Crippen molar-refractivity contribution in [1.82, 2.24) is 4.98 Å². The van der Waals surface area contributed by atoms with Crippen molar-refractivity contribution in [2.45, 2.75) is 6.42 Å². The number of hydrogen-bond acceptors (Lipinski definition) is 4. The quantitative estimate of drug-likeness (QED) is 0.753. The van der Waals surface area contributed by atoms with Gasteiger partial charge >= 0.3 is 5.97 Å². The zero-order valence-corrected chi connectivity index (χ0v) is 12.4. The minimum absolute atomic E-state index is 0.0754. The van der Waals surface area contributed by atoms with Gasteiger partial charge in [0.1, 0.15) is 16.9 Å². The van der Waals surface area contributed by atoms with Crippen molar-refractivity contribution in [3.63, 3.8) is 0 Å². The van der Waals surface area contributed by atoms with Gasteiger partial charge in [-0.3, -0.25) is 0 Å². The van der Waals surface area contributed by atoms with Crippen LogP contribution in [0.4, 0.5) is 4.39 Å². The van der Waals surface area contributed by atoms with E-state index in [0.29, 0.717) is 17.6 Å². The molecule has 116 valence electrons. The van der Waals surface area contributed by atoms with Crippen molar-refractivity contribution < 1.29 is 19.0 Å². The third-order valence-electron chi connectivity index (χ3n) is 3.60. The number of ether oxygens (including phenoxy) is 1. The smallest absolute Gasteiger partial charge is 0.341 e. The Balaban J connectivity index is 2.01. The summed E-state index contributed by atoms with van der Waals surface area (Å²) in [7, 11) is 1.25. The Morgan fingerprint density at radius 2 is 1.83 bits per heavy atom. The number of nitrogens with zero attached hydrogens (tertiary/aromatic N) is 1. The summed E-state index contributed by atoms with van der Waals surface area (Å²) in [5, 5.41) is 11.0. The second kappa shape index (κ2) is 6.04. The number of hydrogen-bond donors (Lipinski definition) is 1. The van der Waals surface area contributed by atoms with Gasteiger partial charge in [-0.2, -0.15) is 0 Å². The van der Waals surface area contributed by atoms with Crippen LogP contribution < -0.4 is 0 Å². The van der Waals surface area contributed by atoms with Crippen LogP contribution in [0.1, 0.15) is 21.6 Å². The number of fused-ring (bicyclic) bond motifs is 1. The summed E-state index contributed by atoms with van der Waals surface area (Å²) in [5.41, 5.74) is 2.03. The molecular formula is C18H14FNO3. The molecule has 23 heavy (non-hydrogen) atoms. The molecule has 1 heterocycles. The van der Waals surface area contributed by atoms with Crippen molar-refractivity contribution in [2.75, 3.05) is 7.11 Å². The van der Waals surface area contributed by atoms with Gasteiger partial charge < -0.3 is 9.84 Å². The van der Waals surface area contributed by atoms with E-state index in [-0.39, 0.29) is 17.1 Å². The molecule has 0 aliphatic carbocycles. The number of aromatic nitrogens is 1. The molecule has 0 amide bonds. The molecular weight excluding hydrogens is 297 g/mol. The Labute approximate surface area is 132 Å². The van der Waals surface area contributed by atoms with Gasteiger partial charge in [0.2, 0.25) is 0 Å². The third kappa shape index (κ3) is 2.99. The average molecular weight is 311 g/mol. The Bertz CT molecular complexity index is 875. The predicted octanol–water partition coefficient (Wildman–Crippen LogP) is 3.46. The van der Waals surface area contributed by atoms with E-state index in [9.17, 15) is 14.3 Å². The van der Waals surface area contributed by atoms with Crippen LogP contribution >= 0.6 is 0 Å². The summed E-state index contributed by atoms with van der Waals surface area (Å²) in [5.74, 6) is -1.11. The first kappa shape index (κ1) is 15.0. The number of carbonyl (C=O) groups is 1. The molecule has 0 aliphatic heterocycles. The number of methoxy groups -OCH3 is 1. The highest BCUT2D eigenvalue weighted by molar-refractivity contribution is 5.99. The Hall–Kier alpha value is -2.95. The number of benzene rings is 2. The molecule has 0 fully saturated rings. The fourth-order valence-corrected chi connectivity index (χ4v) is 2.40. The number of rotatable bonds is 3. The van der Waals surface area contributed by atoms with E-state index >= 15 is 0 Å². The normalized spacial score (nSPS) is 10.7. The summed E-state index contributed by atoms with van der Waals surface area (Å²) >= 11 is 0. The molecule has 1 aromatic heterocycles. The van der Waals surface area contributed by atoms with Crippen molar-refractivity contribution in [1.29, 1.82) is 0 Å². The average Bonchev–Trinajstić information content (AvgIpc) is 2.57. The van der Waals surface area contributed by atoms with Gasteiger partial charge in [0.05, 0.1) is 7.11 Å². The van der Waals surface area contributed by atoms with Gasteiger partial charge in [0.25, 0.3) is 0 Å². The third-order valence-corrected chi connectivity index (χ3v) is 3.60. The molecule has 3 rings (SSSR count). The predicted molar refractivity (Wildman–Crippen MR) is 84.0 cm³/mol. The fourth-order valence-electron chi connectivity index (χ4n) is 2.40. The first-order chi connectivity index (χ1) is 11.1. The van der Waals surface area contributed by atoms with E-state index in [1.807, 2.05) is 12.1 Å². The van der Waals surface area contributed by atoms with Gasteiger partial charge in [-0.25, -0.2) is 14.2 Å². The molecule has 5 heteroatoms. The summed E-state index contributed by atoms with van der Waals surface area (Å²) < 4.78 is 17.6. The Morgan fingerprint density at radius 3 is 2.52 bits per heavy atom. The maximum absolute atomic E-state index is 12.9. The van der Waals surface area contributed by atoms with Crippen LogP contribution in [0.2, 0.25) is 0 Å². The second-order valence-electron chi connectivity index (χ2n) is 5.13. The molecule has 0 unspecified atom stereocenters. The van der Waals surface area contributed by atoms with Gasteiger partial charge in [-0.1, -0.05) is 24.3 Å². The van der Waals surface area contributed by atoms with Crippen LogP contribution in [-0.2, 0) is 11.2 Å². The number of phenols is 1. The monoisotopic (exact) mass is 311 g/mol. The lowest BCUT2D eigenvalue weighted by Gasteiger charge is -2.08. The number of halogens is 1. The Morgan fingerprint density at radius 1 is 1.13 bits per heavy atom. The van der Waals surface area contributed by atoms with Gasteiger partial charge in [0.15, 0.2) is 5.75 Å². The number of pyridine rings is 1. The van der Waals surface area contributed by atoms with Crippen LogP contribution in [0.15, 0.2) is 48.5 Å². The maximum atomic E-state index is 12.9. The second-order valence-corrected chi connectivity index (χ2v) is 5.13. The minimum Gasteiger partial charge on any atom is -0.505 e. The lowest BCUT2D eigenvalue weighted by Crippen LogP contribution is -2.02. The molecule has 0 spiro atoms. The van der Waals surface area contributed by atoms with Crippen molar-refractivity contribution in [3.8, 4) is 5.75 Å². The lowest BCUT2D eigenvalue weighted by molar-refractivity contribution is 0.0597. The van der Waals surface area contributed by atoms with E-state index in [1.54, 1.807) is 18.2 Å².